The Hall–Kier alpha value is -2.84. The molecule has 1 aliphatic rings. The normalized spacial score (nSPS) is 19.3. The molecule has 0 spiro atoms. The lowest BCUT2D eigenvalue weighted by Crippen LogP contribution is -2.00. The third kappa shape index (κ3) is 2.61. The van der Waals surface area contributed by atoms with Crippen molar-refractivity contribution in [1.29, 1.82) is 0 Å². The zero-order chi connectivity index (χ0) is 16.7. The van der Waals surface area contributed by atoms with Crippen molar-refractivity contribution in [2.24, 2.45) is 7.05 Å². The summed E-state index contributed by atoms with van der Waals surface area (Å²) in [4.78, 5) is 0. The van der Waals surface area contributed by atoms with Crippen LogP contribution in [-0.2, 0) is 11.8 Å². The van der Waals surface area contributed by atoms with Gasteiger partial charge < -0.3 is 19.9 Å². The number of epoxide rings is 1. The molecule has 1 fully saturated rings. The average Bonchev–Trinajstić information content (AvgIpc) is 2.98. The molecule has 2 aromatic heterocycles. The Morgan fingerprint density at radius 1 is 1.33 bits per heavy atom. The van der Waals surface area contributed by atoms with Crippen LogP contribution in [0.25, 0.3) is 5.69 Å². The predicted octanol–water partition coefficient (Wildman–Crippen LogP) is 1.75. The van der Waals surface area contributed by atoms with E-state index in [2.05, 4.69) is 15.5 Å². The highest BCUT2D eigenvalue weighted by Crippen LogP contribution is 2.40. The minimum atomic E-state index is -0.814. The van der Waals surface area contributed by atoms with Crippen LogP contribution in [0.15, 0.2) is 42.7 Å². The van der Waals surface area contributed by atoms with E-state index >= 15 is 0 Å². The van der Waals surface area contributed by atoms with Gasteiger partial charge >= 0.3 is 0 Å². The average molecular weight is 327 g/mol. The van der Waals surface area contributed by atoms with Gasteiger partial charge in [-0.25, -0.2) is 4.68 Å². The molecule has 4 rings (SSSR count). The summed E-state index contributed by atoms with van der Waals surface area (Å²) in [5, 5.41) is 21.6. The van der Waals surface area contributed by atoms with E-state index in [4.69, 9.17) is 9.47 Å². The highest BCUT2D eigenvalue weighted by Gasteiger charge is 2.42. The number of aryl methyl sites for hydroxylation is 1. The van der Waals surface area contributed by atoms with E-state index in [0.717, 1.165) is 22.9 Å². The van der Waals surface area contributed by atoms with Gasteiger partial charge in [-0.2, -0.15) is 10.2 Å². The van der Waals surface area contributed by atoms with Gasteiger partial charge in [0.15, 0.2) is 12.4 Å². The maximum Gasteiger partial charge on any atom is 0.188 e. The summed E-state index contributed by atoms with van der Waals surface area (Å²) in [5.41, 5.74) is 2.25. The summed E-state index contributed by atoms with van der Waals surface area (Å²) in [6.45, 7) is 0. The number of ether oxygens (including phenoxy) is 2. The molecule has 2 unspecified atom stereocenters. The first kappa shape index (κ1) is 14.7. The minimum absolute atomic E-state index is 0.424. The van der Waals surface area contributed by atoms with E-state index in [1.807, 2.05) is 43.6 Å². The Bertz CT molecular complexity index is 872. The van der Waals surface area contributed by atoms with Gasteiger partial charge in [0.25, 0.3) is 0 Å². The van der Waals surface area contributed by atoms with Gasteiger partial charge in [0.05, 0.1) is 30.9 Å². The molecule has 0 radical (unpaired) electrons. The second-order valence-corrected chi connectivity index (χ2v) is 5.49. The SMILES string of the molecule is COc1cccc(-n2cc(Nc3ccnn3C)c(C3OC3O)n2)c1. The zero-order valence-corrected chi connectivity index (χ0v) is 13.2. The lowest BCUT2D eigenvalue weighted by atomic mass is 10.3. The second-order valence-electron chi connectivity index (χ2n) is 5.49. The molecular formula is C16H17N5O3. The van der Waals surface area contributed by atoms with Crippen molar-refractivity contribution >= 4 is 11.5 Å². The molecule has 0 amide bonds. The molecule has 1 aromatic carbocycles. The maximum absolute atomic E-state index is 9.61. The molecular weight excluding hydrogens is 310 g/mol. The van der Waals surface area contributed by atoms with E-state index in [1.165, 1.54) is 0 Å². The second kappa shape index (κ2) is 5.66. The number of hydrogen-bond donors (Lipinski definition) is 2. The van der Waals surface area contributed by atoms with Gasteiger partial charge in [0.1, 0.15) is 17.3 Å². The lowest BCUT2D eigenvalue weighted by Gasteiger charge is -2.05. The molecule has 3 heterocycles. The van der Waals surface area contributed by atoms with Crippen LogP contribution in [0, 0.1) is 0 Å². The van der Waals surface area contributed by atoms with Crippen LogP contribution in [0.5, 0.6) is 5.75 Å². The van der Waals surface area contributed by atoms with Crippen molar-refractivity contribution in [3.05, 3.63) is 48.4 Å². The van der Waals surface area contributed by atoms with E-state index in [1.54, 1.807) is 22.7 Å². The number of aromatic nitrogens is 4. The Morgan fingerprint density at radius 2 is 2.17 bits per heavy atom. The Balaban J connectivity index is 1.72. The maximum atomic E-state index is 9.61. The Labute approximate surface area is 138 Å². The van der Waals surface area contributed by atoms with Crippen LogP contribution >= 0.6 is 0 Å². The van der Waals surface area contributed by atoms with Gasteiger partial charge in [-0.1, -0.05) is 6.07 Å². The first-order valence-electron chi connectivity index (χ1n) is 7.48. The van der Waals surface area contributed by atoms with Gasteiger partial charge in [-0.3, -0.25) is 4.68 Å². The van der Waals surface area contributed by atoms with Crippen LogP contribution in [0.2, 0.25) is 0 Å². The number of anilines is 2. The monoisotopic (exact) mass is 327 g/mol. The fourth-order valence-corrected chi connectivity index (χ4v) is 2.52. The number of benzene rings is 1. The summed E-state index contributed by atoms with van der Waals surface area (Å²) < 4.78 is 13.9. The minimum Gasteiger partial charge on any atom is -0.497 e. The molecule has 2 N–H and O–H groups in total. The van der Waals surface area contributed by atoms with Crippen molar-refractivity contribution in [3.63, 3.8) is 0 Å². The standard InChI is InChI=1S/C16H17N5O3/c1-20-13(6-7-17-20)18-12-9-21(19-14(12)15-16(22)24-15)10-4-3-5-11(8-10)23-2/h3-9,15-16,18,22H,1-2H3. The number of nitrogens with one attached hydrogen (secondary N) is 1. The molecule has 124 valence electrons. The molecule has 1 aliphatic heterocycles. The first-order valence-corrected chi connectivity index (χ1v) is 7.48. The van der Waals surface area contributed by atoms with Crippen LogP contribution in [-0.4, -0.2) is 38.1 Å². The summed E-state index contributed by atoms with van der Waals surface area (Å²) >= 11 is 0. The van der Waals surface area contributed by atoms with Gasteiger partial charge in [-0.15, -0.1) is 0 Å². The van der Waals surface area contributed by atoms with E-state index < -0.39 is 12.4 Å². The Morgan fingerprint density at radius 3 is 2.83 bits per heavy atom. The molecule has 0 bridgehead atoms. The van der Waals surface area contributed by atoms with Crippen molar-refractivity contribution < 1.29 is 14.6 Å². The third-order valence-corrected chi connectivity index (χ3v) is 3.88. The molecule has 0 saturated carbocycles. The van der Waals surface area contributed by atoms with E-state index in [-0.39, 0.29) is 0 Å². The number of aliphatic hydroxyl groups is 1. The largest absolute Gasteiger partial charge is 0.497 e. The van der Waals surface area contributed by atoms with Crippen molar-refractivity contribution in [2.45, 2.75) is 12.4 Å². The van der Waals surface area contributed by atoms with Gasteiger partial charge in [-0.05, 0) is 12.1 Å². The fraction of sp³-hybridized carbons (Fsp3) is 0.250. The summed E-state index contributed by atoms with van der Waals surface area (Å²) in [6, 6.07) is 9.44. The number of methoxy groups -OCH3 is 1. The van der Waals surface area contributed by atoms with Crippen molar-refractivity contribution in [3.8, 4) is 11.4 Å². The lowest BCUT2D eigenvalue weighted by molar-refractivity contribution is 0.156. The predicted molar refractivity (Wildman–Crippen MR) is 86.4 cm³/mol. The summed E-state index contributed by atoms with van der Waals surface area (Å²) in [7, 11) is 3.47. The van der Waals surface area contributed by atoms with Crippen molar-refractivity contribution in [2.75, 3.05) is 12.4 Å². The molecule has 0 aliphatic carbocycles. The number of aliphatic hydroxyl groups excluding tert-OH is 1. The highest BCUT2D eigenvalue weighted by atomic mass is 16.7. The molecule has 8 nitrogen and oxygen atoms in total. The fourth-order valence-electron chi connectivity index (χ4n) is 2.52. The van der Waals surface area contributed by atoms with Crippen LogP contribution in [0.1, 0.15) is 11.8 Å². The summed E-state index contributed by atoms with van der Waals surface area (Å²) in [5.74, 6) is 1.56. The molecule has 24 heavy (non-hydrogen) atoms. The van der Waals surface area contributed by atoms with E-state index in [0.29, 0.717) is 5.69 Å². The topological polar surface area (TPSA) is 89.7 Å². The first-order chi connectivity index (χ1) is 11.7. The van der Waals surface area contributed by atoms with E-state index in [9.17, 15) is 5.11 Å². The van der Waals surface area contributed by atoms with Gasteiger partial charge in [0, 0.05) is 19.2 Å². The number of rotatable bonds is 5. The van der Waals surface area contributed by atoms with Gasteiger partial charge in [0.2, 0.25) is 0 Å². The quantitative estimate of drug-likeness (QED) is 0.694. The smallest absolute Gasteiger partial charge is 0.188 e. The molecule has 1 saturated heterocycles. The summed E-state index contributed by atoms with van der Waals surface area (Å²) in [6.07, 6.45) is 2.32. The third-order valence-electron chi connectivity index (χ3n) is 3.88. The van der Waals surface area contributed by atoms with Crippen LogP contribution in [0.3, 0.4) is 0 Å². The number of hydrogen-bond acceptors (Lipinski definition) is 6. The number of nitrogens with zero attached hydrogens (tertiary/aromatic N) is 4. The van der Waals surface area contributed by atoms with Crippen molar-refractivity contribution in [1.82, 2.24) is 19.6 Å². The van der Waals surface area contributed by atoms with Crippen LogP contribution in [0.4, 0.5) is 11.5 Å². The van der Waals surface area contributed by atoms with Crippen LogP contribution < -0.4 is 10.1 Å². The molecule has 2 atom stereocenters. The Kier molecular flexibility index (Phi) is 3.47. The molecule has 8 heteroatoms. The highest BCUT2D eigenvalue weighted by molar-refractivity contribution is 5.60. The molecule has 3 aromatic rings. The zero-order valence-electron chi connectivity index (χ0n) is 13.2.